The van der Waals surface area contributed by atoms with Gasteiger partial charge in [0.1, 0.15) is 5.82 Å². The number of hydrogen-bond donors (Lipinski definition) is 0. The zero-order valence-electron chi connectivity index (χ0n) is 18.6. The minimum absolute atomic E-state index is 0.0306. The molecule has 32 heavy (non-hydrogen) atoms. The molecule has 0 aliphatic carbocycles. The van der Waals surface area contributed by atoms with E-state index in [1.807, 2.05) is 24.3 Å². The van der Waals surface area contributed by atoms with Crippen molar-refractivity contribution in [1.29, 1.82) is 0 Å². The highest BCUT2D eigenvalue weighted by Crippen LogP contribution is 2.24. The Hall–Kier alpha value is -3.54. The van der Waals surface area contributed by atoms with Gasteiger partial charge in [-0.2, -0.15) is 0 Å². The van der Waals surface area contributed by atoms with Crippen molar-refractivity contribution in [2.24, 2.45) is 0 Å². The second kappa shape index (κ2) is 10.7. The molecule has 1 amide bonds. The Balaban J connectivity index is 1.63. The minimum Gasteiger partial charge on any atom is -0.481 e. The van der Waals surface area contributed by atoms with Crippen molar-refractivity contribution >= 4 is 11.7 Å². The normalized spacial score (nSPS) is 10.6. The summed E-state index contributed by atoms with van der Waals surface area (Å²) < 4.78 is 19.6. The Morgan fingerprint density at radius 1 is 1.03 bits per heavy atom. The smallest absolute Gasteiger partial charge is 0.222 e. The van der Waals surface area contributed by atoms with Crippen LogP contribution in [0.15, 0.2) is 60.8 Å². The molecule has 1 aromatic heterocycles. The van der Waals surface area contributed by atoms with Gasteiger partial charge in [0.25, 0.3) is 0 Å². The highest BCUT2D eigenvalue weighted by molar-refractivity contribution is 5.96. The molecule has 166 valence electrons. The zero-order chi connectivity index (χ0) is 23.1. The number of aromatic nitrogens is 1. The molecule has 1 heterocycles. The third-order valence-electron chi connectivity index (χ3n) is 5.38. The van der Waals surface area contributed by atoms with Crippen LogP contribution in [0.5, 0.6) is 5.88 Å². The summed E-state index contributed by atoms with van der Waals surface area (Å²) in [5.74, 6) is 0.197. The summed E-state index contributed by atoms with van der Waals surface area (Å²) in [5, 5.41) is 0. The molecular weight excluding hydrogens is 407 g/mol. The number of ketones is 1. The standard InChI is InChI=1S/C26H27FN2O3/c1-4-26(31)29(2)17-22-12-11-21(15-23(22)27)19-7-9-20(10-8-19)24(30)13-5-18-6-14-25(32-3)28-16-18/h6-12,14-16H,4-5,13,17H2,1-3H3. The quantitative estimate of drug-likeness (QED) is 0.441. The summed E-state index contributed by atoms with van der Waals surface area (Å²) in [5.41, 5.74) is 3.60. The summed E-state index contributed by atoms with van der Waals surface area (Å²) in [6.07, 6.45) is 3.07. The fourth-order valence-electron chi connectivity index (χ4n) is 3.40. The molecule has 0 spiro atoms. The van der Waals surface area contributed by atoms with Crippen LogP contribution in [0.3, 0.4) is 0 Å². The molecule has 5 nitrogen and oxygen atoms in total. The lowest BCUT2D eigenvalue weighted by Gasteiger charge is -2.17. The van der Waals surface area contributed by atoms with Crippen molar-refractivity contribution in [3.05, 3.63) is 83.3 Å². The second-order valence-electron chi connectivity index (χ2n) is 7.62. The van der Waals surface area contributed by atoms with E-state index in [9.17, 15) is 14.0 Å². The Morgan fingerprint density at radius 3 is 2.34 bits per heavy atom. The molecule has 0 aliphatic heterocycles. The van der Waals surface area contributed by atoms with Gasteiger partial charge in [0.15, 0.2) is 5.78 Å². The van der Waals surface area contributed by atoms with Gasteiger partial charge < -0.3 is 9.64 Å². The van der Waals surface area contributed by atoms with E-state index < -0.39 is 0 Å². The number of aryl methyl sites for hydroxylation is 1. The highest BCUT2D eigenvalue weighted by atomic mass is 19.1. The third-order valence-corrected chi connectivity index (χ3v) is 5.38. The Morgan fingerprint density at radius 2 is 1.75 bits per heavy atom. The Labute approximate surface area is 187 Å². The molecule has 6 heteroatoms. The number of Topliss-reactive ketones (excluding diaryl/α,β-unsaturated/α-hetero) is 1. The number of methoxy groups -OCH3 is 1. The Kier molecular flexibility index (Phi) is 7.71. The molecule has 0 aliphatic rings. The van der Waals surface area contributed by atoms with Crippen LogP contribution in [-0.2, 0) is 17.8 Å². The van der Waals surface area contributed by atoms with E-state index in [1.54, 1.807) is 51.5 Å². The number of pyridine rings is 1. The molecule has 0 saturated carbocycles. The van der Waals surface area contributed by atoms with Crippen LogP contribution in [0.25, 0.3) is 11.1 Å². The first-order valence-electron chi connectivity index (χ1n) is 10.6. The van der Waals surface area contributed by atoms with Crippen molar-refractivity contribution in [1.82, 2.24) is 9.88 Å². The lowest BCUT2D eigenvalue weighted by molar-refractivity contribution is -0.130. The minimum atomic E-state index is -0.355. The molecule has 0 saturated heterocycles. The predicted molar refractivity (Wildman–Crippen MR) is 122 cm³/mol. The number of halogens is 1. The first kappa shape index (κ1) is 23.1. The molecule has 3 rings (SSSR count). The zero-order valence-corrected chi connectivity index (χ0v) is 18.6. The number of hydrogen-bond acceptors (Lipinski definition) is 4. The number of benzene rings is 2. The van der Waals surface area contributed by atoms with Crippen molar-refractivity contribution < 1.29 is 18.7 Å². The predicted octanol–water partition coefficient (Wildman–Crippen LogP) is 5.08. The van der Waals surface area contributed by atoms with Gasteiger partial charge in [-0.1, -0.05) is 49.4 Å². The van der Waals surface area contributed by atoms with Crippen LogP contribution in [0, 0.1) is 5.82 Å². The number of amides is 1. The van der Waals surface area contributed by atoms with Gasteiger partial charge in [-0.05, 0) is 29.2 Å². The lowest BCUT2D eigenvalue weighted by atomic mass is 9.99. The number of ether oxygens (including phenoxy) is 1. The first-order valence-corrected chi connectivity index (χ1v) is 10.6. The average molecular weight is 435 g/mol. The van der Waals surface area contributed by atoms with Gasteiger partial charge in [0, 0.05) is 49.8 Å². The second-order valence-corrected chi connectivity index (χ2v) is 7.62. The number of nitrogens with zero attached hydrogens (tertiary/aromatic N) is 2. The van der Waals surface area contributed by atoms with Crippen LogP contribution >= 0.6 is 0 Å². The molecule has 0 atom stereocenters. The van der Waals surface area contributed by atoms with Crippen LogP contribution < -0.4 is 4.74 Å². The first-order chi connectivity index (χ1) is 15.4. The summed E-state index contributed by atoms with van der Waals surface area (Å²) in [6, 6.07) is 15.9. The Bertz CT molecular complexity index is 1080. The lowest BCUT2D eigenvalue weighted by Crippen LogP contribution is -2.25. The van der Waals surface area contributed by atoms with Gasteiger partial charge in [-0.3, -0.25) is 9.59 Å². The summed E-state index contributed by atoms with van der Waals surface area (Å²) in [7, 11) is 3.23. The molecular formula is C26H27FN2O3. The largest absolute Gasteiger partial charge is 0.481 e. The van der Waals surface area contributed by atoms with Crippen LogP contribution in [0.2, 0.25) is 0 Å². The van der Waals surface area contributed by atoms with E-state index >= 15 is 0 Å². The van der Waals surface area contributed by atoms with Crippen LogP contribution in [-0.4, -0.2) is 35.7 Å². The maximum atomic E-state index is 14.6. The van der Waals surface area contributed by atoms with Crippen molar-refractivity contribution in [2.45, 2.75) is 32.7 Å². The van der Waals surface area contributed by atoms with Crippen LogP contribution in [0.4, 0.5) is 4.39 Å². The van der Waals surface area contributed by atoms with E-state index in [4.69, 9.17) is 4.74 Å². The van der Waals surface area contributed by atoms with Gasteiger partial charge >= 0.3 is 0 Å². The van der Waals surface area contributed by atoms with Gasteiger partial charge in [-0.25, -0.2) is 9.37 Å². The van der Waals surface area contributed by atoms with E-state index in [2.05, 4.69) is 4.98 Å². The SMILES string of the molecule is CCC(=O)N(C)Cc1ccc(-c2ccc(C(=O)CCc3ccc(OC)nc3)cc2)cc1F. The van der Waals surface area contributed by atoms with E-state index in [0.717, 1.165) is 16.7 Å². The van der Waals surface area contributed by atoms with Gasteiger partial charge in [0.2, 0.25) is 11.8 Å². The molecule has 0 fully saturated rings. The number of rotatable bonds is 9. The third kappa shape index (κ3) is 5.78. The van der Waals surface area contributed by atoms with Crippen LogP contribution in [0.1, 0.15) is 41.3 Å². The summed E-state index contributed by atoms with van der Waals surface area (Å²) in [6.45, 7) is 2.01. The van der Waals surface area contributed by atoms with Crippen molar-refractivity contribution in [3.63, 3.8) is 0 Å². The van der Waals surface area contributed by atoms with E-state index in [1.165, 1.54) is 11.0 Å². The van der Waals surface area contributed by atoms with Gasteiger partial charge in [-0.15, -0.1) is 0 Å². The maximum absolute atomic E-state index is 14.6. The summed E-state index contributed by atoms with van der Waals surface area (Å²) in [4.78, 5) is 29.9. The number of carbonyl (C=O) groups is 2. The van der Waals surface area contributed by atoms with Crippen molar-refractivity contribution in [3.8, 4) is 17.0 Å². The molecule has 0 radical (unpaired) electrons. The van der Waals surface area contributed by atoms with E-state index in [-0.39, 0.29) is 24.1 Å². The molecule has 0 unspecified atom stereocenters. The average Bonchev–Trinajstić information content (AvgIpc) is 2.83. The molecule has 0 bridgehead atoms. The van der Waals surface area contributed by atoms with Gasteiger partial charge in [0.05, 0.1) is 7.11 Å². The monoisotopic (exact) mass is 434 g/mol. The maximum Gasteiger partial charge on any atom is 0.222 e. The fourth-order valence-corrected chi connectivity index (χ4v) is 3.40. The molecule has 3 aromatic rings. The van der Waals surface area contributed by atoms with E-state index in [0.29, 0.717) is 36.3 Å². The molecule has 0 N–H and O–H groups in total. The topological polar surface area (TPSA) is 59.5 Å². The fraction of sp³-hybridized carbons (Fsp3) is 0.269. The van der Waals surface area contributed by atoms with Crippen molar-refractivity contribution in [2.75, 3.05) is 14.2 Å². The number of carbonyl (C=O) groups excluding carboxylic acids is 2. The molecule has 2 aromatic carbocycles. The summed E-state index contributed by atoms with van der Waals surface area (Å²) >= 11 is 0. The highest BCUT2D eigenvalue weighted by Gasteiger charge is 2.12.